The first-order valence-corrected chi connectivity index (χ1v) is 11.0. The topological polar surface area (TPSA) is 18.5 Å². The van der Waals surface area contributed by atoms with Gasteiger partial charge in [0.1, 0.15) is 5.82 Å². The van der Waals surface area contributed by atoms with E-state index in [9.17, 15) is 13.2 Å². The lowest BCUT2D eigenvalue weighted by atomic mass is 9.78. The van der Waals surface area contributed by atoms with Gasteiger partial charge in [0.15, 0.2) is 17.9 Å². The van der Waals surface area contributed by atoms with E-state index in [0.717, 1.165) is 69.4 Å². The van der Waals surface area contributed by atoms with E-state index in [1.807, 2.05) is 6.07 Å². The molecule has 1 aliphatic heterocycles. The van der Waals surface area contributed by atoms with Gasteiger partial charge >= 0.3 is 0 Å². The first-order valence-electron chi connectivity index (χ1n) is 11.0. The van der Waals surface area contributed by atoms with E-state index in [-0.39, 0.29) is 11.9 Å². The molecule has 1 saturated heterocycles. The third kappa shape index (κ3) is 4.73. The van der Waals surface area contributed by atoms with Crippen LogP contribution in [0.3, 0.4) is 0 Å². The van der Waals surface area contributed by atoms with Gasteiger partial charge < -0.3 is 9.47 Å². The van der Waals surface area contributed by atoms with Crippen molar-refractivity contribution in [1.82, 2.24) is 0 Å². The Hall–Kier alpha value is -1.85. The van der Waals surface area contributed by atoms with Crippen molar-refractivity contribution in [3.05, 3.63) is 59.4 Å². The maximum absolute atomic E-state index is 14.7. The molecule has 2 aliphatic rings. The summed E-state index contributed by atoms with van der Waals surface area (Å²) in [6.45, 7) is 3.75. The van der Waals surface area contributed by atoms with E-state index in [0.29, 0.717) is 23.3 Å². The fraction of sp³-hybridized carbons (Fsp3) is 0.520. The molecule has 162 valence electrons. The van der Waals surface area contributed by atoms with Crippen molar-refractivity contribution in [2.75, 3.05) is 13.2 Å². The van der Waals surface area contributed by atoms with Gasteiger partial charge in [-0.1, -0.05) is 31.5 Å². The van der Waals surface area contributed by atoms with Crippen LogP contribution in [0.15, 0.2) is 36.4 Å². The lowest BCUT2D eigenvalue weighted by Crippen LogP contribution is -2.38. The zero-order valence-electron chi connectivity index (χ0n) is 17.4. The molecule has 0 amide bonds. The third-order valence-corrected chi connectivity index (χ3v) is 6.54. The zero-order valence-corrected chi connectivity index (χ0v) is 17.4. The summed E-state index contributed by atoms with van der Waals surface area (Å²) in [7, 11) is 0. The lowest BCUT2D eigenvalue weighted by Gasteiger charge is -2.37. The summed E-state index contributed by atoms with van der Waals surface area (Å²) in [6.07, 6.45) is 6.13. The Morgan fingerprint density at radius 3 is 2.20 bits per heavy atom. The van der Waals surface area contributed by atoms with Crippen molar-refractivity contribution in [3.8, 4) is 11.1 Å². The van der Waals surface area contributed by atoms with E-state index in [1.165, 1.54) is 6.07 Å². The second kappa shape index (κ2) is 9.52. The molecular weight excluding hydrogens is 389 g/mol. The number of halogens is 3. The van der Waals surface area contributed by atoms with Crippen LogP contribution in [0.4, 0.5) is 13.2 Å². The highest BCUT2D eigenvalue weighted by molar-refractivity contribution is 5.64. The molecule has 1 aliphatic carbocycles. The number of rotatable bonds is 5. The van der Waals surface area contributed by atoms with Crippen LogP contribution in [0.1, 0.15) is 56.9 Å². The SMILES string of the molecule is CCCC1COC(C2CCC(c3ccc(-c4ccc(F)c(F)c4)c(F)c3)CC2)OC1. The van der Waals surface area contributed by atoms with Crippen LogP contribution in [0.2, 0.25) is 0 Å². The Bertz CT molecular complexity index is 853. The first-order chi connectivity index (χ1) is 14.5. The average molecular weight is 418 g/mol. The highest BCUT2D eigenvalue weighted by Gasteiger charge is 2.32. The fourth-order valence-electron chi connectivity index (χ4n) is 4.81. The van der Waals surface area contributed by atoms with Crippen LogP contribution < -0.4 is 0 Å². The van der Waals surface area contributed by atoms with E-state index in [1.54, 1.807) is 12.1 Å². The summed E-state index contributed by atoms with van der Waals surface area (Å²) >= 11 is 0. The summed E-state index contributed by atoms with van der Waals surface area (Å²) in [4.78, 5) is 0. The molecule has 5 heteroatoms. The van der Waals surface area contributed by atoms with Crippen molar-refractivity contribution in [1.29, 1.82) is 0 Å². The highest BCUT2D eigenvalue weighted by atomic mass is 19.2. The summed E-state index contributed by atoms with van der Waals surface area (Å²) in [5.74, 6) is -1.09. The van der Waals surface area contributed by atoms with Crippen LogP contribution in [-0.2, 0) is 9.47 Å². The van der Waals surface area contributed by atoms with Crippen molar-refractivity contribution in [2.24, 2.45) is 11.8 Å². The summed E-state index contributed by atoms with van der Waals surface area (Å²) < 4.78 is 53.4. The minimum absolute atomic E-state index is 0.105. The second-order valence-corrected chi connectivity index (χ2v) is 8.67. The first kappa shape index (κ1) is 21.4. The maximum atomic E-state index is 14.7. The molecule has 1 heterocycles. The highest BCUT2D eigenvalue weighted by Crippen LogP contribution is 2.40. The number of benzene rings is 2. The Morgan fingerprint density at radius 1 is 0.833 bits per heavy atom. The Morgan fingerprint density at radius 2 is 1.57 bits per heavy atom. The van der Waals surface area contributed by atoms with Gasteiger partial charge in [0.25, 0.3) is 0 Å². The van der Waals surface area contributed by atoms with Gasteiger partial charge in [-0.05, 0) is 67.3 Å². The number of ether oxygens (including phenoxy) is 2. The van der Waals surface area contributed by atoms with Crippen LogP contribution >= 0.6 is 0 Å². The zero-order chi connectivity index (χ0) is 21.1. The van der Waals surface area contributed by atoms with E-state index >= 15 is 0 Å². The Balaban J connectivity index is 1.36. The molecule has 0 unspecified atom stereocenters. The lowest BCUT2D eigenvalue weighted by molar-refractivity contribution is -0.229. The van der Waals surface area contributed by atoms with Gasteiger partial charge in [-0.2, -0.15) is 0 Å². The van der Waals surface area contributed by atoms with Crippen molar-refractivity contribution in [2.45, 2.75) is 57.7 Å². The standard InChI is InChI=1S/C25H29F3O2/c1-2-3-16-14-29-25(30-15-16)18-6-4-17(5-7-18)19-8-10-21(23(27)12-19)20-9-11-22(26)24(28)13-20/h8-13,16-18,25H,2-7,14-15H2,1H3. The quantitative estimate of drug-likeness (QED) is 0.530. The fourth-order valence-corrected chi connectivity index (χ4v) is 4.81. The van der Waals surface area contributed by atoms with Crippen LogP contribution in [-0.4, -0.2) is 19.5 Å². The third-order valence-electron chi connectivity index (χ3n) is 6.54. The molecule has 2 fully saturated rings. The Labute approximate surface area is 176 Å². The molecular formula is C25H29F3O2. The monoisotopic (exact) mass is 418 g/mol. The maximum Gasteiger partial charge on any atom is 0.160 e. The van der Waals surface area contributed by atoms with Gasteiger partial charge in [-0.3, -0.25) is 0 Å². The van der Waals surface area contributed by atoms with E-state index < -0.39 is 17.5 Å². The summed E-state index contributed by atoms with van der Waals surface area (Å²) in [5, 5.41) is 0. The molecule has 0 bridgehead atoms. The van der Waals surface area contributed by atoms with Crippen LogP contribution in [0.25, 0.3) is 11.1 Å². The molecule has 0 radical (unpaired) electrons. The molecule has 2 aromatic rings. The number of hydrogen-bond acceptors (Lipinski definition) is 2. The van der Waals surface area contributed by atoms with Gasteiger partial charge in [0, 0.05) is 17.4 Å². The molecule has 0 atom stereocenters. The normalized spacial score (nSPS) is 27.2. The molecule has 0 spiro atoms. The largest absolute Gasteiger partial charge is 0.352 e. The number of hydrogen-bond donors (Lipinski definition) is 0. The smallest absolute Gasteiger partial charge is 0.160 e. The molecule has 1 saturated carbocycles. The summed E-state index contributed by atoms with van der Waals surface area (Å²) in [6, 6.07) is 8.59. The van der Waals surface area contributed by atoms with E-state index in [2.05, 4.69) is 6.92 Å². The predicted octanol–water partition coefficient (Wildman–Crippen LogP) is 6.83. The minimum atomic E-state index is -0.970. The minimum Gasteiger partial charge on any atom is -0.352 e. The van der Waals surface area contributed by atoms with Crippen molar-refractivity contribution in [3.63, 3.8) is 0 Å². The van der Waals surface area contributed by atoms with Gasteiger partial charge in [-0.25, -0.2) is 13.2 Å². The van der Waals surface area contributed by atoms with Crippen LogP contribution in [0.5, 0.6) is 0 Å². The van der Waals surface area contributed by atoms with Gasteiger partial charge in [0.05, 0.1) is 13.2 Å². The van der Waals surface area contributed by atoms with Crippen molar-refractivity contribution >= 4 is 0 Å². The summed E-state index contributed by atoms with van der Waals surface area (Å²) in [5.41, 5.74) is 1.59. The van der Waals surface area contributed by atoms with Gasteiger partial charge in [-0.15, -0.1) is 0 Å². The Kier molecular flexibility index (Phi) is 6.79. The second-order valence-electron chi connectivity index (χ2n) is 8.67. The molecule has 0 N–H and O–H groups in total. The van der Waals surface area contributed by atoms with Crippen molar-refractivity contribution < 1.29 is 22.6 Å². The molecule has 0 aromatic heterocycles. The molecule has 4 rings (SSSR count). The van der Waals surface area contributed by atoms with Crippen LogP contribution in [0, 0.1) is 29.3 Å². The van der Waals surface area contributed by atoms with E-state index in [4.69, 9.17) is 9.47 Å². The molecule has 2 aromatic carbocycles. The predicted molar refractivity (Wildman–Crippen MR) is 111 cm³/mol. The van der Waals surface area contributed by atoms with Gasteiger partial charge in [0.2, 0.25) is 0 Å². The molecule has 30 heavy (non-hydrogen) atoms. The average Bonchev–Trinajstić information content (AvgIpc) is 2.77. The molecule has 2 nitrogen and oxygen atoms in total.